The summed E-state index contributed by atoms with van der Waals surface area (Å²) in [6.45, 7) is 2.80. The molecule has 0 saturated heterocycles. The first-order chi connectivity index (χ1) is 8.69. The second-order valence-corrected chi connectivity index (χ2v) is 3.85. The van der Waals surface area contributed by atoms with E-state index in [2.05, 4.69) is 5.10 Å². The third kappa shape index (κ3) is 2.11. The number of aromatic nitrogens is 2. The van der Waals surface area contributed by atoms with Gasteiger partial charge in [-0.05, 0) is 19.1 Å². The number of hydrogen-bond acceptors (Lipinski definition) is 4. The first kappa shape index (κ1) is 12.3. The lowest BCUT2D eigenvalue weighted by Gasteiger charge is -2.09. The summed E-state index contributed by atoms with van der Waals surface area (Å²) < 4.78 is 12.3. The second-order valence-electron chi connectivity index (χ2n) is 3.85. The van der Waals surface area contributed by atoms with Crippen LogP contribution in [-0.2, 0) is 6.54 Å². The second kappa shape index (κ2) is 5.00. The van der Waals surface area contributed by atoms with E-state index in [0.717, 1.165) is 23.6 Å². The van der Waals surface area contributed by atoms with Gasteiger partial charge in [-0.2, -0.15) is 5.10 Å². The summed E-state index contributed by atoms with van der Waals surface area (Å²) in [7, 11) is 3.24. The first-order valence-corrected chi connectivity index (χ1v) is 5.75. The maximum absolute atomic E-state index is 5.97. The molecule has 0 atom stereocenters. The van der Waals surface area contributed by atoms with E-state index < -0.39 is 0 Å². The van der Waals surface area contributed by atoms with E-state index in [1.54, 1.807) is 18.9 Å². The highest BCUT2D eigenvalue weighted by Gasteiger charge is 2.13. The van der Waals surface area contributed by atoms with Crippen LogP contribution < -0.4 is 15.2 Å². The topological polar surface area (TPSA) is 62.3 Å². The van der Waals surface area contributed by atoms with Gasteiger partial charge in [0, 0.05) is 24.4 Å². The molecule has 1 heterocycles. The van der Waals surface area contributed by atoms with Crippen LogP contribution in [0.5, 0.6) is 11.5 Å². The number of rotatable bonds is 4. The summed E-state index contributed by atoms with van der Waals surface area (Å²) in [5, 5.41) is 4.43. The predicted molar refractivity (Wildman–Crippen MR) is 70.9 cm³/mol. The van der Waals surface area contributed by atoms with Crippen LogP contribution in [0.25, 0.3) is 11.3 Å². The van der Waals surface area contributed by atoms with Crippen molar-refractivity contribution in [1.82, 2.24) is 9.78 Å². The Balaban J connectivity index is 2.52. The number of nitrogens with two attached hydrogens (primary N) is 1. The molecule has 0 fully saturated rings. The molecule has 2 rings (SSSR count). The van der Waals surface area contributed by atoms with E-state index in [9.17, 15) is 0 Å². The molecule has 0 amide bonds. The number of nitrogens with zero attached hydrogens (tertiary/aromatic N) is 2. The average molecular weight is 247 g/mol. The van der Waals surface area contributed by atoms with Crippen molar-refractivity contribution in [3.63, 3.8) is 0 Å². The number of ether oxygens (including phenoxy) is 2. The molecule has 96 valence electrons. The highest BCUT2D eigenvalue weighted by atomic mass is 16.5. The van der Waals surface area contributed by atoms with E-state index >= 15 is 0 Å². The summed E-state index contributed by atoms with van der Waals surface area (Å²) in [5.74, 6) is 1.44. The molecule has 2 aromatic rings. The van der Waals surface area contributed by atoms with E-state index in [4.69, 9.17) is 15.2 Å². The largest absolute Gasteiger partial charge is 0.497 e. The van der Waals surface area contributed by atoms with Crippen molar-refractivity contribution in [3.8, 4) is 22.8 Å². The fourth-order valence-corrected chi connectivity index (χ4v) is 1.80. The van der Waals surface area contributed by atoms with Crippen LogP contribution in [0, 0.1) is 0 Å². The van der Waals surface area contributed by atoms with Crippen molar-refractivity contribution in [2.75, 3.05) is 20.0 Å². The molecule has 2 N–H and O–H groups in total. The Morgan fingerprint density at radius 3 is 2.61 bits per heavy atom. The van der Waals surface area contributed by atoms with Crippen molar-refractivity contribution < 1.29 is 9.47 Å². The molecule has 0 unspecified atom stereocenters. The predicted octanol–water partition coefficient (Wildman–Crippen LogP) is 2.17. The highest BCUT2D eigenvalue weighted by molar-refractivity contribution is 5.77. The lowest BCUT2D eigenvalue weighted by Crippen LogP contribution is -1.95. The smallest absolute Gasteiger partial charge is 0.132 e. The zero-order valence-corrected chi connectivity index (χ0v) is 10.8. The third-order valence-corrected chi connectivity index (χ3v) is 2.78. The zero-order chi connectivity index (χ0) is 13.1. The van der Waals surface area contributed by atoms with Gasteiger partial charge < -0.3 is 15.2 Å². The molecule has 1 aromatic carbocycles. The third-order valence-electron chi connectivity index (χ3n) is 2.78. The molecule has 0 spiro atoms. The number of nitrogen functional groups attached to an aromatic ring is 1. The van der Waals surface area contributed by atoms with Gasteiger partial charge in [-0.3, -0.25) is 4.68 Å². The maximum atomic E-state index is 5.97. The normalized spacial score (nSPS) is 10.4. The van der Waals surface area contributed by atoms with Crippen molar-refractivity contribution in [1.29, 1.82) is 0 Å². The molecule has 0 aliphatic heterocycles. The van der Waals surface area contributed by atoms with Gasteiger partial charge in [0.15, 0.2) is 0 Å². The minimum absolute atomic E-state index is 0.639. The van der Waals surface area contributed by atoms with Gasteiger partial charge in [-0.15, -0.1) is 0 Å². The van der Waals surface area contributed by atoms with Crippen molar-refractivity contribution in [2.24, 2.45) is 0 Å². The maximum Gasteiger partial charge on any atom is 0.132 e. The van der Waals surface area contributed by atoms with Crippen LogP contribution >= 0.6 is 0 Å². The summed E-state index contributed by atoms with van der Waals surface area (Å²) in [4.78, 5) is 0. The van der Waals surface area contributed by atoms with Crippen LogP contribution in [0.4, 0.5) is 5.69 Å². The molecule has 0 aliphatic carbocycles. The van der Waals surface area contributed by atoms with E-state index in [1.165, 1.54) is 0 Å². The molecule has 1 aromatic heterocycles. The fourth-order valence-electron chi connectivity index (χ4n) is 1.80. The first-order valence-electron chi connectivity index (χ1n) is 5.75. The Bertz CT molecular complexity index is 549. The van der Waals surface area contributed by atoms with Gasteiger partial charge in [0.25, 0.3) is 0 Å². The number of aryl methyl sites for hydroxylation is 1. The van der Waals surface area contributed by atoms with Gasteiger partial charge in [0.2, 0.25) is 0 Å². The van der Waals surface area contributed by atoms with E-state index in [-0.39, 0.29) is 0 Å². The van der Waals surface area contributed by atoms with Gasteiger partial charge in [0.1, 0.15) is 17.2 Å². The molecule has 18 heavy (non-hydrogen) atoms. The molecule has 0 saturated carbocycles. The summed E-state index contributed by atoms with van der Waals surface area (Å²) in [6, 6.07) is 5.58. The van der Waals surface area contributed by atoms with Crippen molar-refractivity contribution in [2.45, 2.75) is 13.5 Å². The van der Waals surface area contributed by atoms with Crippen LogP contribution in [0.15, 0.2) is 24.4 Å². The van der Waals surface area contributed by atoms with Gasteiger partial charge in [-0.25, -0.2) is 0 Å². The van der Waals surface area contributed by atoms with Gasteiger partial charge in [0.05, 0.1) is 19.9 Å². The molecular weight excluding hydrogens is 230 g/mol. The lowest BCUT2D eigenvalue weighted by atomic mass is 10.1. The minimum atomic E-state index is 0.639. The zero-order valence-electron chi connectivity index (χ0n) is 10.8. The Morgan fingerprint density at radius 2 is 2.06 bits per heavy atom. The van der Waals surface area contributed by atoms with Crippen LogP contribution in [0.3, 0.4) is 0 Å². The summed E-state index contributed by atoms with van der Waals surface area (Å²) >= 11 is 0. The molecule has 0 bridgehead atoms. The number of anilines is 1. The Kier molecular flexibility index (Phi) is 3.41. The number of hydrogen-bond donors (Lipinski definition) is 1. The Hall–Kier alpha value is -2.17. The molecule has 5 heteroatoms. The number of benzene rings is 1. The highest BCUT2D eigenvalue weighted by Crippen LogP contribution is 2.35. The molecule has 0 radical (unpaired) electrons. The van der Waals surface area contributed by atoms with Gasteiger partial charge >= 0.3 is 0 Å². The summed E-state index contributed by atoms with van der Waals surface area (Å²) in [6.07, 6.45) is 1.82. The van der Waals surface area contributed by atoms with Crippen LogP contribution in [-0.4, -0.2) is 24.0 Å². The SMILES string of the molecule is CCn1cc(N)c(-c2ccc(OC)cc2OC)n1. The van der Waals surface area contributed by atoms with Crippen LogP contribution in [0.2, 0.25) is 0 Å². The standard InChI is InChI=1S/C13H17N3O2/c1-4-16-8-11(14)13(15-16)10-6-5-9(17-2)7-12(10)18-3/h5-8H,4,14H2,1-3H3. The number of methoxy groups -OCH3 is 2. The average Bonchev–Trinajstić information content (AvgIpc) is 2.79. The molecule has 0 aliphatic rings. The summed E-state index contributed by atoms with van der Waals surface area (Å²) in [5.41, 5.74) is 8.21. The minimum Gasteiger partial charge on any atom is -0.497 e. The van der Waals surface area contributed by atoms with Crippen LogP contribution in [0.1, 0.15) is 6.92 Å². The molecular formula is C13H17N3O2. The fraction of sp³-hybridized carbons (Fsp3) is 0.308. The van der Waals surface area contributed by atoms with Crippen molar-refractivity contribution in [3.05, 3.63) is 24.4 Å². The lowest BCUT2D eigenvalue weighted by molar-refractivity contribution is 0.395. The van der Waals surface area contributed by atoms with E-state index in [1.807, 2.05) is 31.3 Å². The van der Waals surface area contributed by atoms with E-state index in [0.29, 0.717) is 11.4 Å². The van der Waals surface area contributed by atoms with Crippen molar-refractivity contribution >= 4 is 5.69 Å². The molecule has 5 nitrogen and oxygen atoms in total. The quantitative estimate of drug-likeness (QED) is 0.899. The monoisotopic (exact) mass is 247 g/mol. The Morgan fingerprint density at radius 1 is 1.28 bits per heavy atom. The van der Waals surface area contributed by atoms with Gasteiger partial charge in [-0.1, -0.05) is 0 Å². The Labute approximate surface area is 106 Å².